The van der Waals surface area contributed by atoms with Crippen molar-refractivity contribution >= 4 is 5.91 Å². The molecule has 212 valence electrons. The molecule has 0 saturated carbocycles. The van der Waals surface area contributed by atoms with Gasteiger partial charge in [-0.15, -0.1) is 0 Å². The van der Waals surface area contributed by atoms with Gasteiger partial charge >= 0.3 is 0 Å². The van der Waals surface area contributed by atoms with Gasteiger partial charge in [0.15, 0.2) is 0 Å². The quantitative estimate of drug-likeness (QED) is 0.0770. The molecule has 0 spiro atoms. The number of hydrogen-bond acceptors (Lipinski definition) is 3. The third-order valence-corrected chi connectivity index (χ3v) is 6.94. The minimum atomic E-state index is -0.854. The number of amides is 1. The van der Waals surface area contributed by atoms with Gasteiger partial charge in [-0.05, 0) is 32.1 Å². The minimum Gasteiger partial charge on any atom is -0.394 e. The van der Waals surface area contributed by atoms with Crippen molar-refractivity contribution in [2.24, 2.45) is 0 Å². The van der Waals surface area contributed by atoms with Gasteiger partial charge in [0.1, 0.15) is 0 Å². The molecular weight excluding hydrogens is 446 g/mol. The highest BCUT2D eigenvalue weighted by Gasteiger charge is 2.17. The molecule has 0 aromatic heterocycles. The number of rotatable bonds is 27. The molecule has 0 aliphatic heterocycles. The smallest absolute Gasteiger partial charge is 0.220 e. The van der Waals surface area contributed by atoms with E-state index in [1.807, 2.05) is 6.08 Å². The Morgan fingerprint density at radius 1 is 0.639 bits per heavy atom. The van der Waals surface area contributed by atoms with E-state index >= 15 is 0 Å². The standard InChI is InChI=1S/C32H61NO3/c1-3-5-7-9-11-13-14-15-16-17-18-19-20-21-23-25-27-31(35)30(29-34)33-32(36)28-26-24-22-12-10-8-6-4-2/h19-20,25,27,30-31,34-35H,3-18,21-24,26,28-29H2,1-2H3,(H,33,36)/b20-19+,27-25+. The number of unbranched alkanes of at least 4 members (excludes halogenated alkanes) is 18. The fourth-order valence-electron chi connectivity index (χ4n) is 4.48. The molecule has 0 heterocycles. The maximum atomic E-state index is 12.1. The summed E-state index contributed by atoms with van der Waals surface area (Å²) in [4.78, 5) is 12.1. The lowest BCUT2D eigenvalue weighted by Gasteiger charge is -2.19. The number of allylic oxidation sites excluding steroid dienone is 3. The summed E-state index contributed by atoms with van der Waals surface area (Å²) in [6.07, 6.45) is 34.0. The van der Waals surface area contributed by atoms with Crippen LogP contribution in [0.4, 0.5) is 0 Å². The summed E-state index contributed by atoms with van der Waals surface area (Å²) < 4.78 is 0. The maximum Gasteiger partial charge on any atom is 0.220 e. The molecule has 1 amide bonds. The second-order valence-corrected chi connectivity index (χ2v) is 10.5. The zero-order chi connectivity index (χ0) is 26.5. The highest BCUT2D eigenvalue weighted by molar-refractivity contribution is 5.76. The number of aliphatic hydroxyl groups is 2. The van der Waals surface area contributed by atoms with Crippen LogP contribution in [0.25, 0.3) is 0 Å². The number of hydrogen-bond donors (Lipinski definition) is 3. The molecule has 3 N–H and O–H groups in total. The first-order valence-corrected chi connectivity index (χ1v) is 15.6. The van der Waals surface area contributed by atoms with Crippen LogP contribution in [-0.2, 0) is 4.79 Å². The second kappa shape index (κ2) is 28.4. The Balaban J connectivity index is 3.71. The van der Waals surface area contributed by atoms with Crippen molar-refractivity contribution in [1.29, 1.82) is 0 Å². The summed E-state index contributed by atoms with van der Waals surface area (Å²) in [5, 5.41) is 22.7. The fraction of sp³-hybridized carbons (Fsp3) is 0.844. The van der Waals surface area contributed by atoms with Crippen molar-refractivity contribution in [3.63, 3.8) is 0 Å². The van der Waals surface area contributed by atoms with E-state index in [0.29, 0.717) is 6.42 Å². The number of carbonyl (C=O) groups excluding carboxylic acids is 1. The summed E-state index contributed by atoms with van der Waals surface area (Å²) in [5.41, 5.74) is 0. The zero-order valence-electron chi connectivity index (χ0n) is 24.0. The van der Waals surface area contributed by atoms with Gasteiger partial charge < -0.3 is 15.5 Å². The normalized spacial score (nSPS) is 13.6. The highest BCUT2D eigenvalue weighted by atomic mass is 16.3. The molecule has 0 saturated heterocycles. The summed E-state index contributed by atoms with van der Waals surface area (Å²) in [5.74, 6) is -0.0811. The molecule has 0 radical (unpaired) electrons. The van der Waals surface area contributed by atoms with Crippen LogP contribution in [0.3, 0.4) is 0 Å². The van der Waals surface area contributed by atoms with Gasteiger partial charge in [-0.3, -0.25) is 4.79 Å². The Morgan fingerprint density at radius 3 is 1.61 bits per heavy atom. The molecule has 0 aliphatic carbocycles. The van der Waals surface area contributed by atoms with Gasteiger partial charge in [-0.25, -0.2) is 0 Å². The minimum absolute atomic E-state index is 0.0811. The van der Waals surface area contributed by atoms with Crippen LogP contribution in [0, 0.1) is 0 Å². The van der Waals surface area contributed by atoms with Crippen LogP contribution in [0.1, 0.15) is 155 Å². The summed E-state index contributed by atoms with van der Waals surface area (Å²) >= 11 is 0. The molecule has 0 fully saturated rings. The van der Waals surface area contributed by atoms with Crippen LogP contribution < -0.4 is 5.32 Å². The molecule has 0 aliphatic rings. The molecule has 4 heteroatoms. The first kappa shape index (κ1) is 34.9. The van der Waals surface area contributed by atoms with Crippen molar-refractivity contribution < 1.29 is 15.0 Å². The van der Waals surface area contributed by atoms with E-state index in [1.165, 1.54) is 103 Å². The lowest BCUT2D eigenvalue weighted by molar-refractivity contribution is -0.123. The average molecular weight is 508 g/mol. The molecule has 2 atom stereocenters. The van der Waals surface area contributed by atoms with Crippen LogP contribution in [0.5, 0.6) is 0 Å². The Morgan fingerprint density at radius 2 is 1.08 bits per heavy atom. The van der Waals surface area contributed by atoms with Crippen LogP contribution in [0.15, 0.2) is 24.3 Å². The topological polar surface area (TPSA) is 69.6 Å². The van der Waals surface area contributed by atoms with Gasteiger partial charge in [0, 0.05) is 6.42 Å². The molecule has 4 nitrogen and oxygen atoms in total. The third-order valence-electron chi connectivity index (χ3n) is 6.94. The number of carbonyl (C=O) groups is 1. The molecule has 36 heavy (non-hydrogen) atoms. The van der Waals surface area contributed by atoms with Crippen molar-refractivity contribution in [2.75, 3.05) is 6.61 Å². The summed E-state index contributed by atoms with van der Waals surface area (Å²) in [7, 11) is 0. The Labute approximate surface area is 224 Å². The molecule has 0 aromatic carbocycles. The zero-order valence-corrected chi connectivity index (χ0v) is 24.0. The van der Waals surface area contributed by atoms with Crippen LogP contribution in [-0.4, -0.2) is 34.9 Å². The molecular formula is C32H61NO3. The average Bonchev–Trinajstić information content (AvgIpc) is 2.88. The largest absolute Gasteiger partial charge is 0.394 e. The Bertz CT molecular complexity index is 518. The van der Waals surface area contributed by atoms with E-state index in [2.05, 4.69) is 31.3 Å². The van der Waals surface area contributed by atoms with E-state index in [4.69, 9.17) is 0 Å². The van der Waals surface area contributed by atoms with Crippen LogP contribution in [0.2, 0.25) is 0 Å². The van der Waals surface area contributed by atoms with Gasteiger partial charge in [0.2, 0.25) is 5.91 Å². The Hall–Kier alpha value is -1.13. The molecule has 0 rings (SSSR count). The number of nitrogens with one attached hydrogen (secondary N) is 1. The predicted octanol–water partition coefficient (Wildman–Crippen LogP) is 8.56. The van der Waals surface area contributed by atoms with Gasteiger partial charge in [0.05, 0.1) is 18.8 Å². The Kier molecular flexibility index (Phi) is 27.5. The van der Waals surface area contributed by atoms with Gasteiger partial charge in [0.25, 0.3) is 0 Å². The van der Waals surface area contributed by atoms with E-state index < -0.39 is 12.1 Å². The fourth-order valence-corrected chi connectivity index (χ4v) is 4.48. The van der Waals surface area contributed by atoms with Crippen molar-refractivity contribution in [3.05, 3.63) is 24.3 Å². The van der Waals surface area contributed by atoms with Gasteiger partial charge in [-0.2, -0.15) is 0 Å². The molecule has 0 bridgehead atoms. The van der Waals surface area contributed by atoms with Crippen molar-refractivity contribution in [3.8, 4) is 0 Å². The van der Waals surface area contributed by atoms with E-state index in [-0.39, 0.29) is 12.5 Å². The maximum absolute atomic E-state index is 12.1. The summed E-state index contributed by atoms with van der Waals surface area (Å²) in [6, 6.07) is -0.630. The lowest BCUT2D eigenvalue weighted by Crippen LogP contribution is -2.45. The second-order valence-electron chi connectivity index (χ2n) is 10.5. The van der Waals surface area contributed by atoms with Crippen LogP contribution >= 0.6 is 0 Å². The van der Waals surface area contributed by atoms with Crippen molar-refractivity contribution in [1.82, 2.24) is 5.32 Å². The molecule has 2 unspecified atom stereocenters. The van der Waals surface area contributed by atoms with Gasteiger partial charge in [-0.1, -0.05) is 141 Å². The number of aliphatic hydroxyl groups excluding tert-OH is 2. The highest BCUT2D eigenvalue weighted by Crippen LogP contribution is 2.12. The third kappa shape index (κ3) is 24.6. The van der Waals surface area contributed by atoms with E-state index in [9.17, 15) is 15.0 Å². The first-order chi connectivity index (χ1) is 17.7. The van der Waals surface area contributed by atoms with E-state index in [1.54, 1.807) is 6.08 Å². The van der Waals surface area contributed by atoms with E-state index in [0.717, 1.165) is 32.1 Å². The van der Waals surface area contributed by atoms with Crippen molar-refractivity contribution in [2.45, 2.75) is 167 Å². The lowest BCUT2D eigenvalue weighted by atomic mass is 10.1. The SMILES string of the molecule is CCCCCCCCCCCC/C=C/CC/C=C/C(O)C(CO)NC(=O)CCCCCCCCCC. The summed E-state index contributed by atoms with van der Waals surface area (Å²) in [6.45, 7) is 4.24. The first-order valence-electron chi connectivity index (χ1n) is 15.6. The molecule has 0 aromatic rings. The monoisotopic (exact) mass is 507 g/mol. The predicted molar refractivity (Wildman–Crippen MR) is 156 cm³/mol.